The van der Waals surface area contributed by atoms with Crippen molar-refractivity contribution in [3.05, 3.63) is 10.4 Å². The number of amides is 2. The molecule has 11 nitrogen and oxygen atoms in total. The van der Waals surface area contributed by atoms with E-state index in [4.69, 9.17) is 15.0 Å². The first-order valence-electron chi connectivity index (χ1n) is 6.82. The summed E-state index contributed by atoms with van der Waals surface area (Å²) >= 11 is 0. The second kappa shape index (κ2) is 8.32. The fraction of sp³-hybridized carbons (Fsp3) is 0.750. The summed E-state index contributed by atoms with van der Waals surface area (Å²) in [4.78, 5) is 36.7. The molecule has 0 aromatic heterocycles. The number of carbonyl (C=O) groups is 3. The molecule has 0 saturated carbocycles. The number of aliphatic hydroxyl groups excluding tert-OH is 1. The number of carbonyl (C=O) groups excluding carboxylic acids is 3. The molecule has 0 aliphatic carbocycles. The summed E-state index contributed by atoms with van der Waals surface area (Å²) in [7, 11) is 0. The van der Waals surface area contributed by atoms with Crippen LogP contribution in [0.5, 0.6) is 0 Å². The molecule has 23 heavy (non-hydrogen) atoms. The topological polar surface area (TPSA) is 163 Å². The summed E-state index contributed by atoms with van der Waals surface area (Å²) < 4.78 is 10.5. The largest absolute Gasteiger partial charge is 0.458 e. The summed E-state index contributed by atoms with van der Waals surface area (Å²) in [6.07, 6.45) is -3.53. The number of hydrogen-bond acceptors (Lipinski definition) is 7. The van der Waals surface area contributed by atoms with Crippen LogP contribution >= 0.6 is 0 Å². The fourth-order valence-corrected chi connectivity index (χ4v) is 2.36. The van der Waals surface area contributed by atoms with Crippen molar-refractivity contribution in [2.75, 3.05) is 6.54 Å². The summed E-state index contributed by atoms with van der Waals surface area (Å²) in [5, 5.41) is 18.4. The molecule has 11 heteroatoms. The quantitative estimate of drug-likeness (QED) is 0.252. The minimum Gasteiger partial charge on any atom is -0.458 e. The van der Waals surface area contributed by atoms with Crippen molar-refractivity contribution in [3.8, 4) is 0 Å². The molecule has 128 valence electrons. The first-order valence-corrected chi connectivity index (χ1v) is 6.82. The van der Waals surface area contributed by atoms with Crippen LogP contribution in [0.15, 0.2) is 5.11 Å². The van der Waals surface area contributed by atoms with Crippen LogP contribution in [0.1, 0.15) is 20.8 Å². The molecular formula is C12H19N5O6. The van der Waals surface area contributed by atoms with Gasteiger partial charge in [-0.15, -0.1) is 0 Å². The number of nitrogens with zero attached hydrogens (tertiary/aromatic N) is 3. The highest BCUT2D eigenvalue weighted by molar-refractivity contribution is 5.74. The summed E-state index contributed by atoms with van der Waals surface area (Å²) in [6.45, 7) is 3.41. The summed E-state index contributed by atoms with van der Waals surface area (Å²) in [5.74, 6) is -1.60. The molecule has 1 saturated heterocycles. The Hall–Kier alpha value is -2.36. The maximum Gasteiger partial charge on any atom is 0.303 e. The van der Waals surface area contributed by atoms with E-state index < -0.39 is 48.4 Å². The highest BCUT2D eigenvalue weighted by Gasteiger charge is 2.48. The molecule has 1 rings (SSSR count). The van der Waals surface area contributed by atoms with E-state index in [1.54, 1.807) is 0 Å². The lowest BCUT2D eigenvalue weighted by molar-refractivity contribution is -0.224. The zero-order chi connectivity index (χ0) is 17.6. The number of ether oxygens (including phenoxy) is 2. The number of azide groups is 1. The molecule has 1 aliphatic heterocycles. The fourth-order valence-electron chi connectivity index (χ4n) is 2.36. The van der Waals surface area contributed by atoms with Gasteiger partial charge in [-0.05, 0) is 5.53 Å². The van der Waals surface area contributed by atoms with Crippen LogP contribution in [0.3, 0.4) is 0 Å². The van der Waals surface area contributed by atoms with Gasteiger partial charge in [0.15, 0.2) is 6.29 Å². The van der Waals surface area contributed by atoms with E-state index in [1.807, 2.05) is 0 Å². The lowest BCUT2D eigenvalue weighted by Crippen LogP contribution is -2.69. The molecule has 1 heterocycles. The average molecular weight is 329 g/mol. The normalized spacial score (nSPS) is 29.8. The van der Waals surface area contributed by atoms with E-state index in [-0.39, 0.29) is 6.54 Å². The van der Waals surface area contributed by atoms with Crippen LogP contribution in [0.4, 0.5) is 0 Å². The Labute approximate surface area is 131 Å². The molecule has 0 spiro atoms. The van der Waals surface area contributed by atoms with Gasteiger partial charge < -0.3 is 25.2 Å². The van der Waals surface area contributed by atoms with Crippen molar-refractivity contribution in [1.82, 2.24) is 10.6 Å². The molecular weight excluding hydrogens is 310 g/mol. The lowest BCUT2D eigenvalue weighted by atomic mass is 9.93. The van der Waals surface area contributed by atoms with Gasteiger partial charge in [-0.3, -0.25) is 14.4 Å². The van der Waals surface area contributed by atoms with Gasteiger partial charge in [0.1, 0.15) is 12.1 Å². The van der Waals surface area contributed by atoms with Crippen molar-refractivity contribution < 1.29 is 29.0 Å². The molecule has 0 aromatic rings. The molecule has 1 fully saturated rings. The molecule has 3 N–H and O–H groups in total. The Bertz CT molecular complexity index is 520. The Morgan fingerprint density at radius 3 is 2.26 bits per heavy atom. The maximum absolute atomic E-state index is 11.4. The van der Waals surface area contributed by atoms with Gasteiger partial charge in [-0.25, -0.2) is 0 Å². The number of aliphatic hydroxyl groups is 1. The van der Waals surface area contributed by atoms with Crippen molar-refractivity contribution >= 4 is 17.8 Å². The third-order valence-corrected chi connectivity index (χ3v) is 3.10. The van der Waals surface area contributed by atoms with Crippen LogP contribution in [-0.2, 0) is 23.9 Å². The number of hydrogen-bond donors (Lipinski definition) is 3. The Balaban J connectivity index is 3.15. The Morgan fingerprint density at radius 2 is 1.78 bits per heavy atom. The van der Waals surface area contributed by atoms with Crippen molar-refractivity contribution in [3.63, 3.8) is 0 Å². The van der Waals surface area contributed by atoms with Gasteiger partial charge in [0.05, 0.1) is 18.7 Å². The molecule has 0 aromatic carbocycles. The minimum atomic E-state index is -1.51. The van der Waals surface area contributed by atoms with Crippen LogP contribution in [0.2, 0.25) is 0 Å². The smallest absolute Gasteiger partial charge is 0.303 e. The average Bonchev–Trinajstić information content (AvgIpc) is 2.42. The highest BCUT2D eigenvalue weighted by Crippen LogP contribution is 2.23. The van der Waals surface area contributed by atoms with Crippen LogP contribution in [0.25, 0.3) is 10.4 Å². The molecule has 0 radical (unpaired) electrons. The van der Waals surface area contributed by atoms with E-state index >= 15 is 0 Å². The summed E-state index contributed by atoms with van der Waals surface area (Å²) in [6, 6.07) is -2.00. The molecule has 4 unspecified atom stereocenters. The lowest BCUT2D eigenvalue weighted by Gasteiger charge is -2.44. The number of nitrogens with one attached hydrogen (secondary N) is 2. The zero-order valence-corrected chi connectivity index (χ0v) is 12.9. The van der Waals surface area contributed by atoms with E-state index in [9.17, 15) is 19.5 Å². The standard InChI is InChI=1S/C12H19N5O6/c1-5(18)15-9-8(4-14-17-13)23-12(21)10(16-6(2)19)11(9)22-7(3)20/h8-12,21H,4H2,1-3H3,(H,15,18)(H,16,19)/t8?,9-,10?,11?,12?/m1/s1. The number of esters is 1. The van der Waals surface area contributed by atoms with Gasteiger partial charge >= 0.3 is 5.97 Å². The zero-order valence-electron chi connectivity index (χ0n) is 12.9. The minimum absolute atomic E-state index is 0.205. The third kappa shape index (κ3) is 5.40. The predicted molar refractivity (Wildman–Crippen MR) is 75.7 cm³/mol. The molecule has 2 amide bonds. The van der Waals surface area contributed by atoms with Gasteiger partial charge in [0.25, 0.3) is 0 Å². The molecule has 1 aliphatic rings. The monoisotopic (exact) mass is 329 g/mol. The van der Waals surface area contributed by atoms with Gasteiger partial charge in [0, 0.05) is 25.7 Å². The van der Waals surface area contributed by atoms with E-state index in [0.717, 1.165) is 6.92 Å². The molecule has 0 bridgehead atoms. The summed E-state index contributed by atoms with van der Waals surface area (Å²) in [5.41, 5.74) is 8.42. The maximum atomic E-state index is 11.4. The van der Waals surface area contributed by atoms with Gasteiger partial charge in [-0.1, -0.05) is 5.11 Å². The second-order valence-electron chi connectivity index (χ2n) is 5.01. The van der Waals surface area contributed by atoms with E-state index in [2.05, 4.69) is 20.7 Å². The van der Waals surface area contributed by atoms with Crippen molar-refractivity contribution in [2.24, 2.45) is 5.11 Å². The Kier molecular flexibility index (Phi) is 6.76. The van der Waals surface area contributed by atoms with Crippen LogP contribution in [-0.4, -0.2) is 60.0 Å². The first-order chi connectivity index (χ1) is 10.8. The van der Waals surface area contributed by atoms with Gasteiger partial charge in [-0.2, -0.15) is 0 Å². The SMILES string of the molecule is CC(=O)NC1C(O)OC(CN=[N+]=[N-])[C@@H](NC(C)=O)C1OC(C)=O. The van der Waals surface area contributed by atoms with Crippen molar-refractivity contribution in [2.45, 2.75) is 51.4 Å². The van der Waals surface area contributed by atoms with Crippen LogP contribution in [0, 0.1) is 0 Å². The Morgan fingerprint density at radius 1 is 1.22 bits per heavy atom. The highest BCUT2D eigenvalue weighted by atomic mass is 16.6. The van der Waals surface area contributed by atoms with E-state index in [0.29, 0.717) is 0 Å². The van der Waals surface area contributed by atoms with E-state index in [1.165, 1.54) is 13.8 Å². The second-order valence-corrected chi connectivity index (χ2v) is 5.01. The predicted octanol–water partition coefficient (Wildman–Crippen LogP) is -1.04. The third-order valence-electron chi connectivity index (χ3n) is 3.10. The molecule has 5 atom stereocenters. The van der Waals surface area contributed by atoms with Crippen LogP contribution < -0.4 is 10.6 Å². The first kappa shape index (κ1) is 18.7. The number of rotatable bonds is 5. The van der Waals surface area contributed by atoms with Crippen molar-refractivity contribution in [1.29, 1.82) is 0 Å². The van der Waals surface area contributed by atoms with Gasteiger partial charge in [0.2, 0.25) is 11.8 Å².